The third-order valence-corrected chi connectivity index (χ3v) is 3.11. The lowest BCUT2D eigenvalue weighted by Crippen LogP contribution is -1.97. The Morgan fingerprint density at radius 3 is 2.85 bits per heavy atom. The predicted octanol–water partition coefficient (Wildman–Crippen LogP) is 1.18. The van der Waals surface area contributed by atoms with Crippen molar-refractivity contribution in [2.75, 3.05) is 0 Å². The molecular weight excluding hydrogens is 188 g/mol. The number of carboxylic acid groups (broad SMARTS) is 1. The minimum absolute atomic E-state index is 0.331. The maximum atomic E-state index is 10.8. The summed E-state index contributed by atoms with van der Waals surface area (Å²) in [5, 5.41) is 9.60. The average molecular weight is 198 g/mol. The highest BCUT2D eigenvalue weighted by Crippen LogP contribution is 2.42. The zero-order valence-electron chi connectivity index (χ0n) is 6.99. The number of carbonyl (C=O) groups is 1. The van der Waals surface area contributed by atoms with Crippen LogP contribution in [0.5, 0.6) is 0 Å². The number of nitrogens with two attached hydrogens (primary N) is 1. The monoisotopic (exact) mass is 198 g/mol. The second-order valence-corrected chi connectivity index (χ2v) is 4.19. The Hall–Kier alpha value is -0.940. The average Bonchev–Trinajstić information content (AvgIpc) is 2.84. The number of hydrogen-bond donors (Lipinski definition) is 2. The lowest BCUT2D eigenvalue weighted by molar-refractivity contribution is 0.0700. The summed E-state index contributed by atoms with van der Waals surface area (Å²) in [6, 6.07) is 0. The second kappa shape index (κ2) is 3.08. The maximum absolute atomic E-state index is 10.8. The van der Waals surface area contributed by atoms with Gasteiger partial charge in [-0.3, -0.25) is 0 Å². The van der Waals surface area contributed by atoms with E-state index in [9.17, 15) is 4.79 Å². The van der Waals surface area contributed by atoms with Gasteiger partial charge in [-0.15, -0.1) is 11.3 Å². The van der Waals surface area contributed by atoms with Crippen LogP contribution in [0.4, 0.5) is 0 Å². The quantitative estimate of drug-likeness (QED) is 0.764. The van der Waals surface area contributed by atoms with Crippen molar-refractivity contribution in [3.8, 4) is 0 Å². The van der Waals surface area contributed by atoms with Crippen molar-refractivity contribution in [1.82, 2.24) is 4.98 Å². The molecule has 0 amide bonds. The molecule has 1 fully saturated rings. The maximum Gasteiger partial charge on any atom is 0.347 e. The minimum Gasteiger partial charge on any atom is -0.477 e. The summed E-state index contributed by atoms with van der Waals surface area (Å²) in [5.41, 5.74) is 6.16. The van der Waals surface area contributed by atoms with Crippen LogP contribution in [0, 0.1) is 0 Å². The van der Waals surface area contributed by atoms with E-state index in [4.69, 9.17) is 10.8 Å². The Labute approximate surface area is 79.4 Å². The summed E-state index contributed by atoms with van der Waals surface area (Å²) in [6.07, 6.45) is 2.13. The largest absolute Gasteiger partial charge is 0.477 e. The van der Waals surface area contributed by atoms with Gasteiger partial charge in [0.2, 0.25) is 0 Å². The number of hydrogen-bond acceptors (Lipinski definition) is 4. The van der Waals surface area contributed by atoms with E-state index in [1.165, 1.54) is 11.3 Å². The molecule has 1 heterocycles. The Bertz CT molecular complexity index is 344. The highest BCUT2D eigenvalue weighted by molar-refractivity contribution is 7.13. The highest BCUT2D eigenvalue weighted by atomic mass is 32.1. The van der Waals surface area contributed by atoms with Crippen LogP contribution in [-0.2, 0) is 6.54 Å². The van der Waals surface area contributed by atoms with Gasteiger partial charge in [0.15, 0.2) is 0 Å². The molecule has 1 saturated carbocycles. The summed E-state index contributed by atoms with van der Waals surface area (Å²) in [5.74, 6) is -0.498. The summed E-state index contributed by atoms with van der Waals surface area (Å²) in [7, 11) is 0. The number of nitrogens with zero attached hydrogens (tertiary/aromatic N) is 1. The predicted molar refractivity (Wildman–Crippen MR) is 48.9 cm³/mol. The van der Waals surface area contributed by atoms with Gasteiger partial charge in [0, 0.05) is 12.5 Å². The van der Waals surface area contributed by atoms with Crippen molar-refractivity contribution in [3.05, 3.63) is 15.6 Å². The molecule has 0 saturated heterocycles. The van der Waals surface area contributed by atoms with E-state index in [1.807, 2.05) is 0 Å². The Morgan fingerprint density at radius 2 is 2.38 bits per heavy atom. The van der Waals surface area contributed by atoms with E-state index >= 15 is 0 Å². The molecule has 1 aromatic rings. The molecule has 0 spiro atoms. The van der Waals surface area contributed by atoms with Gasteiger partial charge >= 0.3 is 5.97 Å². The van der Waals surface area contributed by atoms with E-state index in [0.29, 0.717) is 17.3 Å². The molecule has 0 aromatic carbocycles. The van der Waals surface area contributed by atoms with E-state index in [1.54, 1.807) is 0 Å². The van der Waals surface area contributed by atoms with E-state index in [2.05, 4.69) is 4.98 Å². The standard InChI is InChI=1S/C8H10N2O2S/c9-3-5-10-6(4-1-2-4)7(13-5)8(11)12/h4H,1-3,9H2,(H,11,12). The zero-order chi connectivity index (χ0) is 9.42. The molecular formula is C8H10N2O2S. The molecule has 2 rings (SSSR count). The van der Waals surface area contributed by atoms with Gasteiger partial charge < -0.3 is 10.8 Å². The summed E-state index contributed by atoms with van der Waals surface area (Å²) >= 11 is 1.20. The van der Waals surface area contributed by atoms with Gasteiger partial charge in [0.25, 0.3) is 0 Å². The molecule has 70 valence electrons. The third-order valence-electron chi connectivity index (χ3n) is 2.03. The van der Waals surface area contributed by atoms with Crippen LogP contribution in [-0.4, -0.2) is 16.1 Å². The minimum atomic E-state index is -0.876. The number of aromatic nitrogens is 1. The van der Waals surface area contributed by atoms with Crippen molar-refractivity contribution in [1.29, 1.82) is 0 Å². The Morgan fingerprint density at radius 1 is 1.69 bits per heavy atom. The first-order valence-corrected chi connectivity index (χ1v) is 4.97. The molecule has 0 radical (unpaired) electrons. The molecule has 0 unspecified atom stereocenters. The molecule has 1 aromatic heterocycles. The van der Waals surface area contributed by atoms with Gasteiger partial charge in [0.05, 0.1) is 5.69 Å². The van der Waals surface area contributed by atoms with Crippen LogP contribution in [0.1, 0.15) is 39.1 Å². The number of thiazole rings is 1. The Kier molecular flexibility index (Phi) is 2.05. The topological polar surface area (TPSA) is 76.2 Å². The van der Waals surface area contributed by atoms with Crippen LogP contribution in [0.25, 0.3) is 0 Å². The zero-order valence-corrected chi connectivity index (χ0v) is 7.80. The van der Waals surface area contributed by atoms with Gasteiger partial charge in [-0.05, 0) is 12.8 Å². The van der Waals surface area contributed by atoms with Crippen LogP contribution >= 0.6 is 11.3 Å². The van der Waals surface area contributed by atoms with Crippen molar-refractivity contribution in [2.45, 2.75) is 25.3 Å². The lowest BCUT2D eigenvalue weighted by Gasteiger charge is -1.91. The third kappa shape index (κ3) is 1.57. The van der Waals surface area contributed by atoms with Crippen molar-refractivity contribution >= 4 is 17.3 Å². The molecule has 0 aliphatic heterocycles. The molecule has 13 heavy (non-hydrogen) atoms. The summed E-state index contributed by atoms with van der Waals surface area (Å²) in [6.45, 7) is 0.331. The van der Waals surface area contributed by atoms with Gasteiger partial charge in [-0.2, -0.15) is 0 Å². The first kappa shape index (κ1) is 8.65. The van der Waals surface area contributed by atoms with Crippen LogP contribution < -0.4 is 5.73 Å². The van der Waals surface area contributed by atoms with Crippen molar-refractivity contribution in [2.24, 2.45) is 5.73 Å². The Balaban J connectivity index is 2.39. The van der Waals surface area contributed by atoms with Gasteiger partial charge in [-0.25, -0.2) is 9.78 Å². The number of rotatable bonds is 3. The van der Waals surface area contributed by atoms with Crippen LogP contribution in [0.3, 0.4) is 0 Å². The van der Waals surface area contributed by atoms with Crippen molar-refractivity contribution < 1.29 is 9.90 Å². The van der Waals surface area contributed by atoms with Gasteiger partial charge in [-0.1, -0.05) is 0 Å². The fourth-order valence-corrected chi connectivity index (χ4v) is 2.12. The molecule has 1 aliphatic carbocycles. The molecule has 5 heteroatoms. The van der Waals surface area contributed by atoms with E-state index in [0.717, 1.165) is 23.5 Å². The lowest BCUT2D eigenvalue weighted by atomic mass is 10.2. The normalized spacial score (nSPS) is 16.1. The smallest absolute Gasteiger partial charge is 0.347 e. The summed E-state index contributed by atoms with van der Waals surface area (Å²) < 4.78 is 0. The highest BCUT2D eigenvalue weighted by Gasteiger charge is 2.31. The fraction of sp³-hybridized carbons (Fsp3) is 0.500. The number of carboxylic acids is 1. The molecule has 0 atom stereocenters. The van der Waals surface area contributed by atoms with E-state index in [-0.39, 0.29) is 0 Å². The second-order valence-electron chi connectivity index (χ2n) is 3.11. The molecule has 3 N–H and O–H groups in total. The fourth-order valence-electron chi connectivity index (χ4n) is 1.25. The first-order chi connectivity index (χ1) is 6.22. The molecule has 4 nitrogen and oxygen atoms in total. The van der Waals surface area contributed by atoms with Gasteiger partial charge in [0.1, 0.15) is 9.88 Å². The van der Waals surface area contributed by atoms with Crippen LogP contribution in [0.15, 0.2) is 0 Å². The SMILES string of the molecule is NCc1nc(C2CC2)c(C(=O)O)s1. The first-order valence-electron chi connectivity index (χ1n) is 4.15. The van der Waals surface area contributed by atoms with Crippen LogP contribution in [0.2, 0.25) is 0 Å². The van der Waals surface area contributed by atoms with Crippen molar-refractivity contribution in [3.63, 3.8) is 0 Å². The van der Waals surface area contributed by atoms with E-state index < -0.39 is 5.97 Å². The number of aromatic carboxylic acids is 1. The molecule has 1 aliphatic rings. The summed E-state index contributed by atoms with van der Waals surface area (Å²) in [4.78, 5) is 15.4. The molecule has 0 bridgehead atoms.